The number of benzene rings is 2. The van der Waals surface area contributed by atoms with Gasteiger partial charge in [-0.1, -0.05) is 18.2 Å². The van der Waals surface area contributed by atoms with E-state index in [1.165, 1.54) is 0 Å². The lowest BCUT2D eigenvalue weighted by Gasteiger charge is -2.25. The number of nitrogens with zero attached hydrogens (tertiary/aromatic N) is 1. The van der Waals surface area contributed by atoms with Gasteiger partial charge in [0.25, 0.3) is 0 Å². The van der Waals surface area contributed by atoms with Crippen LogP contribution in [-0.4, -0.2) is 19.1 Å². The maximum absolute atomic E-state index is 12.2. The van der Waals surface area contributed by atoms with Crippen LogP contribution in [0.1, 0.15) is 24.2 Å². The highest BCUT2D eigenvalue weighted by Gasteiger charge is 2.18. The first-order valence-electron chi connectivity index (χ1n) is 7.06. The Bertz CT molecular complexity index is 611. The highest BCUT2D eigenvalue weighted by atomic mass is 16.5. The molecule has 0 aromatic heterocycles. The minimum absolute atomic E-state index is 0.338. The number of para-hydroxylation sites is 1. The van der Waals surface area contributed by atoms with Gasteiger partial charge in [-0.05, 0) is 44.2 Å². The molecule has 0 aliphatic heterocycles. The molecule has 2 aromatic carbocycles. The standard InChI is InChI=1S/C17H20N2O2/c1-3-19(14-8-6-5-7-9-14)16-11-10-13(18)12-15(16)17(20)21-4-2/h5-12H,3-4,18H2,1-2H3. The van der Waals surface area contributed by atoms with E-state index in [9.17, 15) is 4.79 Å². The van der Waals surface area contributed by atoms with Gasteiger partial charge < -0.3 is 15.4 Å². The van der Waals surface area contributed by atoms with Crippen LogP contribution in [0, 0.1) is 0 Å². The molecule has 0 radical (unpaired) electrons. The maximum Gasteiger partial charge on any atom is 0.340 e. The molecule has 2 aromatic rings. The molecule has 0 saturated carbocycles. The van der Waals surface area contributed by atoms with Gasteiger partial charge in [-0.25, -0.2) is 4.79 Å². The molecule has 110 valence electrons. The van der Waals surface area contributed by atoms with Crippen LogP contribution in [0.15, 0.2) is 48.5 Å². The molecule has 4 nitrogen and oxygen atoms in total. The molecule has 4 heteroatoms. The summed E-state index contributed by atoms with van der Waals surface area (Å²) in [6.07, 6.45) is 0. The van der Waals surface area contributed by atoms with Crippen molar-refractivity contribution < 1.29 is 9.53 Å². The number of carbonyl (C=O) groups excluding carboxylic acids is 1. The van der Waals surface area contributed by atoms with E-state index < -0.39 is 0 Å². The molecule has 0 bridgehead atoms. The zero-order valence-corrected chi connectivity index (χ0v) is 12.4. The van der Waals surface area contributed by atoms with Crippen LogP contribution < -0.4 is 10.6 Å². The Morgan fingerprint density at radius 1 is 1.14 bits per heavy atom. The number of ether oxygens (including phenoxy) is 1. The summed E-state index contributed by atoms with van der Waals surface area (Å²) < 4.78 is 5.13. The molecule has 0 saturated heterocycles. The third kappa shape index (κ3) is 3.34. The van der Waals surface area contributed by atoms with Crippen LogP contribution in [0.3, 0.4) is 0 Å². The number of hydrogen-bond acceptors (Lipinski definition) is 4. The summed E-state index contributed by atoms with van der Waals surface area (Å²) in [6.45, 7) is 4.90. The number of hydrogen-bond donors (Lipinski definition) is 1. The Morgan fingerprint density at radius 2 is 1.86 bits per heavy atom. The lowest BCUT2D eigenvalue weighted by molar-refractivity contribution is 0.0527. The molecule has 21 heavy (non-hydrogen) atoms. The molecule has 0 amide bonds. The second-order valence-corrected chi connectivity index (χ2v) is 4.58. The molecule has 0 aliphatic rings. The van der Waals surface area contributed by atoms with E-state index in [4.69, 9.17) is 10.5 Å². The van der Waals surface area contributed by atoms with Crippen LogP contribution in [-0.2, 0) is 4.74 Å². The van der Waals surface area contributed by atoms with E-state index in [-0.39, 0.29) is 5.97 Å². The predicted molar refractivity (Wildman–Crippen MR) is 85.9 cm³/mol. The fraction of sp³-hybridized carbons (Fsp3) is 0.235. The number of anilines is 3. The summed E-state index contributed by atoms with van der Waals surface area (Å²) in [5.74, 6) is -0.353. The maximum atomic E-state index is 12.2. The van der Waals surface area contributed by atoms with Gasteiger partial charge >= 0.3 is 5.97 Å². The fourth-order valence-electron chi connectivity index (χ4n) is 2.26. The van der Waals surface area contributed by atoms with Gasteiger partial charge in [0.05, 0.1) is 17.9 Å². The first-order chi connectivity index (χ1) is 10.2. The smallest absolute Gasteiger partial charge is 0.340 e. The van der Waals surface area contributed by atoms with Gasteiger partial charge in [0.1, 0.15) is 0 Å². The van der Waals surface area contributed by atoms with Crippen molar-refractivity contribution >= 4 is 23.0 Å². The minimum atomic E-state index is -0.353. The fourth-order valence-corrected chi connectivity index (χ4v) is 2.26. The molecule has 0 spiro atoms. The molecule has 0 unspecified atom stereocenters. The van der Waals surface area contributed by atoms with Crippen molar-refractivity contribution in [2.24, 2.45) is 0 Å². The normalized spacial score (nSPS) is 10.2. The Morgan fingerprint density at radius 3 is 2.48 bits per heavy atom. The highest BCUT2D eigenvalue weighted by molar-refractivity contribution is 5.98. The Hall–Kier alpha value is -2.49. The number of nitrogens with two attached hydrogens (primary N) is 1. The monoisotopic (exact) mass is 284 g/mol. The quantitative estimate of drug-likeness (QED) is 0.673. The largest absolute Gasteiger partial charge is 0.462 e. The van der Waals surface area contributed by atoms with Crippen LogP contribution >= 0.6 is 0 Å². The summed E-state index contributed by atoms with van der Waals surface area (Å²) in [7, 11) is 0. The number of nitrogen functional groups attached to an aromatic ring is 1. The highest BCUT2D eigenvalue weighted by Crippen LogP contribution is 2.30. The van der Waals surface area contributed by atoms with E-state index >= 15 is 0 Å². The van der Waals surface area contributed by atoms with Crippen molar-refractivity contribution in [3.05, 3.63) is 54.1 Å². The second-order valence-electron chi connectivity index (χ2n) is 4.58. The van der Waals surface area contributed by atoms with Crippen molar-refractivity contribution in [1.82, 2.24) is 0 Å². The molecule has 0 aliphatic carbocycles. The number of esters is 1. The molecule has 2 N–H and O–H groups in total. The van der Waals surface area contributed by atoms with Crippen molar-refractivity contribution in [3.8, 4) is 0 Å². The summed E-state index contributed by atoms with van der Waals surface area (Å²) in [6, 6.07) is 15.2. The Balaban J connectivity index is 2.48. The van der Waals surface area contributed by atoms with Crippen molar-refractivity contribution in [3.63, 3.8) is 0 Å². The second kappa shape index (κ2) is 6.79. The van der Waals surface area contributed by atoms with Gasteiger partial charge in [-0.15, -0.1) is 0 Å². The molecular weight excluding hydrogens is 264 g/mol. The third-order valence-electron chi connectivity index (χ3n) is 3.19. The van der Waals surface area contributed by atoms with E-state index in [2.05, 4.69) is 4.90 Å². The van der Waals surface area contributed by atoms with Crippen molar-refractivity contribution in [2.45, 2.75) is 13.8 Å². The number of carbonyl (C=O) groups is 1. The molecule has 0 atom stereocenters. The van der Waals surface area contributed by atoms with Crippen LogP contribution in [0.5, 0.6) is 0 Å². The average molecular weight is 284 g/mol. The molecule has 0 heterocycles. The van der Waals surface area contributed by atoms with Crippen molar-refractivity contribution in [1.29, 1.82) is 0 Å². The summed E-state index contributed by atoms with van der Waals surface area (Å²) in [4.78, 5) is 14.2. The van der Waals surface area contributed by atoms with Gasteiger partial charge in [0.2, 0.25) is 0 Å². The number of rotatable bonds is 5. The Kier molecular flexibility index (Phi) is 4.82. The average Bonchev–Trinajstić information content (AvgIpc) is 2.50. The van der Waals surface area contributed by atoms with Crippen LogP contribution in [0.25, 0.3) is 0 Å². The zero-order valence-electron chi connectivity index (χ0n) is 12.4. The molecular formula is C17H20N2O2. The summed E-state index contributed by atoms with van der Waals surface area (Å²) >= 11 is 0. The van der Waals surface area contributed by atoms with E-state index in [0.717, 1.165) is 17.9 Å². The van der Waals surface area contributed by atoms with Gasteiger partial charge in [0, 0.05) is 17.9 Å². The summed E-state index contributed by atoms with van der Waals surface area (Å²) in [5.41, 5.74) is 8.68. The molecule has 2 rings (SSSR count). The predicted octanol–water partition coefficient (Wildman–Crippen LogP) is 3.60. The van der Waals surface area contributed by atoms with E-state index in [0.29, 0.717) is 17.9 Å². The minimum Gasteiger partial charge on any atom is -0.462 e. The van der Waals surface area contributed by atoms with Crippen LogP contribution in [0.4, 0.5) is 17.1 Å². The SMILES string of the molecule is CCOC(=O)c1cc(N)ccc1N(CC)c1ccccc1. The van der Waals surface area contributed by atoms with E-state index in [1.807, 2.05) is 43.3 Å². The van der Waals surface area contributed by atoms with Gasteiger partial charge in [-0.3, -0.25) is 0 Å². The first-order valence-corrected chi connectivity index (χ1v) is 7.06. The zero-order chi connectivity index (χ0) is 15.2. The van der Waals surface area contributed by atoms with Crippen molar-refractivity contribution in [2.75, 3.05) is 23.8 Å². The Labute approximate surface area is 125 Å². The van der Waals surface area contributed by atoms with Gasteiger partial charge in [0.15, 0.2) is 0 Å². The van der Waals surface area contributed by atoms with Crippen LogP contribution in [0.2, 0.25) is 0 Å². The first kappa shape index (κ1) is 14.9. The molecule has 0 fully saturated rings. The lowest BCUT2D eigenvalue weighted by atomic mass is 10.1. The van der Waals surface area contributed by atoms with E-state index in [1.54, 1.807) is 19.1 Å². The van der Waals surface area contributed by atoms with Gasteiger partial charge in [-0.2, -0.15) is 0 Å². The summed E-state index contributed by atoms with van der Waals surface area (Å²) in [5, 5.41) is 0. The lowest BCUT2D eigenvalue weighted by Crippen LogP contribution is -2.20. The topological polar surface area (TPSA) is 55.6 Å². The third-order valence-corrected chi connectivity index (χ3v) is 3.19.